The number of nitrogens with one attached hydrogen (secondary N) is 1. The van der Waals surface area contributed by atoms with Crippen molar-refractivity contribution in [1.29, 1.82) is 0 Å². The van der Waals surface area contributed by atoms with Gasteiger partial charge in [-0.2, -0.15) is 4.31 Å². The van der Waals surface area contributed by atoms with Crippen molar-refractivity contribution < 1.29 is 18.1 Å². The first kappa shape index (κ1) is 24.8. The lowest BCUT2D eigenvalue weighted by molar-refractivity contribution is -0.385. The SMILES string of the molecule is Cc1c(NC(=O)CN(Cc2ccc(Cl)cc2)S(=O)(=O)c2ccc(Br)cc2)cccc1[N+](=O)[O-]. The predicted octanol–water partition coefficient (Wildman–Crippen LogP) is 5.15. The molecule has 0 fully saturated rings. The Morgan fingerprint density at radius 2 is 1.73 bits per heavy atom. The van der Waals surface area contributed by atoms with Gasteiger partial charge in [0.2, 0.25) is 15.9 Å². The molecule has 0 saturated heterocycles. The number of benzene rings is 3. The van der Waals surface area contributed by atoms with E-state index in [1.807, 2.05) is 0 Å². The lowest BCUT2D eigenvalue weighted by Gasteiger charge is -2.22. The Balaban J connectivity index is 1.90. The molecule has 0 aliphatic rings. The summed E-state index contributed by atoms with van der Waals surface area (Å²) in [5, 5.41) is 14.3. The van der Waals surface area contributed by atoms with Crippen molar-refractivity contribution in [1.82, 2.24) is 4.31 Å². The molecule has 0 aliphatic heterocycles. The maximum absolute atomic E-state index is 13.3. The van der Waals surface area contributed by atoms with Crippen molar-refractivity contribution in [2.24, 2.45) is 0 Å². The topological polar surface area (TPSA) is 110 Å². The van der Waals surface area contributed by atoms with Crippen LogP contribution >= 0.6 is 27.5 Å². The summed E-state index contributed by atoms with van der Waals surface area (Å²) in [6.07, 6.45) is 0. The molecule has 3 rings (SSSR count). The van der Waals surface area contributed by atoms with E-state index in [0.29, 0.717) is 15.1 Å². The fourth-order valence-corrected chi connectivity index (χ4v) is 4.86. The Hall–Kier alpha value is -2.79. The van der Waals surface area contributed by atoms with E-state index >= 15 is 0 Å². The van der Waals surface area contributed by atoms with Crippen molar-refractivity contribution in [2.45, 2.75) is 18.4 Å². The number of hydrogen-bond donors (Lipinski definition) is 1. The van der Waals surface area contributed by atoms with Crippen LogP contribution in [0.3, 0.4) is 0 Å². The lowest BCUT2D eigenvalue weighted by Crippen LogP contribution is -2.37. The molecule has 0 aromatic heterocycles. The molecule has 0 unspecified atom stereocenters. The first-order valence-electron chi connectivity index (χ1n) is 9.62. The number of nitro groups is 1. The van der Waals surface area contributed by atoms with E-state index in [1.54, 1.807) is 36.4 Å². The minimum atomic E-state index is -4.03. The number of carbonyl (C=O) groups is 1. The molecule has 3 aromatic rings. The van der Waals surface area contributed by atoms with Gasteiger partial charge in [-0.1, -0.05) is 45.7 Å². The molecule has 0 bridgehead atoms. The summed E-state index contributed by atoms with van der Waals surface area (Å²) >= 11 is 9.20. The van der Waals surface area contributed by atoms with E-state index in [4.69, 9.17) is 11.6 Å². The van der Waals surface area contributed by atoms with Gasteiger partial charge >= 0.3 is 0 Å². The number of anilines is 1. The van der Waals surface area contributed by atoms with Gasteiger partial charge in [-0.05, 0) is 55.0 Å². The van der Waals surface area contributed by atoms with Crippen molar-refractivity contribution in [3.8, 4) is 0 Å². The quantitative estimate of drug-likeness (QED) is 0.307. The van der Waals surface area contributed by atoms with E-state index in [0.717, 1.165) is 4.31 Å². The summed E-state index contributed by atoms with van der Waals surface area (Å²) in [6, 6.07) is 17.0. The Morgan fingerprint density at radius 3 is 2.33 bits per heavy atom. The molecule has 33 heavy (non-hydrogen) atoms. The van der Waals surface area contributed by atoms with Gasteiger partial charge in [-0.15, -0.1) is 0 Å². The number of hydrogen-bond acceptors (Lipinski definition) is 5. The fraction of sp³-hybridized carbons (Fsp3) is 0.136. The number of nitrogens with zero attached hydrogens (tertiary/aromatic N) is 2. The number of nitro benzene ring substituents is 1. The van der Waals surface area contributed by atoms with Gasteiger partial charge in [0.25, 0.3) is 5.69 Å². The highest BCUT2D eigenvalue weighted by Gasteiger charge is 2.27. The summed E-state index contributed by atoms with van der Waals surface area (Å²) in [4.78, 5) is 23.5. The van der Waals surface area contributed by atoms with Gasteiger partial charge in [-0.3, -0.25) is 14.9 Å². The molecule has 3 aromatic carbocycles. The highest BCUT2D eigenvalue weighted by Crippen LogP contribution is 2.26. The predicted molar refractivity (Wildman–Crippen MR) is 130 cm³/mol. The Labute approximate surface area is 204 Å². The van der Waals surface area contributed by atoms with Crippen LogP contribution in [0, 0.1) is 17.0 Å². The van der Waals surface area contributed by atoms with Crippen LogP contribution in [-0.4, -0.2) is 30.1 Å². The van der Waals surface area contributed by atoms with Crippen LogP contribution in [0.1, 0.15) is 11.1 Å². The van der Waals surface area contributed by atoms with Gasteiger partial charge in [0, 0.05) is 22.1 Å². The van der Waals surface area contributed by atoms with Crippen LogP contribution in [0.4, 0.5) is 11.4 Å². The minimum Gasteiger partial charge on any atom is -0.324 e. The normalized spacial score (nSPS) is 11.4. The van der Waals surface area contributed by atoms with Crippen LogP contribution in [-0.2, 0) is 21.4 Å². The molecular formula is C22H19BrClN3O5S. The van der Waals surface area contributed by atoms with Gasteiger partial charge in [0.05, 0.1) is 27.6 Å². The van der Waals surface area contributed by atoms with Crippen LogP contribution in [0.25, 0.3) is 0 Å². The van der Waals surface area contributed by atoms with E-state index in [1.165, 1.54) is 37.3 Å². The first-order valence-corrected chi connectivity index (χ1v) is 12.2. The molecule has 0 radical (unpaired) electrons. The zero-order valence-electron chi connectivity index (χ0n) is 17.4. The summed E-state index contributed by atoms with van der Waals surface area (Å²) in [5.74, 6) is -0.631. The third-order valence-electron chi connectivity index (χ3n) is 4.82. The van der Waals surface area contributed by atoms with Gasteiger partial charge < -0.3 is 5.32 Å². The fourth-order valence-electron chi connectivity index (χ4n) is 3.08. The maximum atomic E-state index is 13.3. The number of sulfonamides is 1. The van der Waals surface area contributed by atoms with Crippen LogP contribution in [0.15, 0.2) is 76.1 Å². The second kappa shape index (κ2) is 10.4. The average Bonchev–Trinajstić information content (AvgIpc) is 2.76. The summed E-state index contributed by atoms with van der Waals surface area (Å²) in [6.45, 7) is 0.942. The standard InChI is InChI=1S/C22H19BrClN3O5S/c1-15-20(3-2-4-21(15)27(29)30)25-22(28)14-26(13-16-5-9-18(24)10-6-16)33(31,32)19-11-7-17(23)8-12-19/h2-12H,13-14H2,1H3,(H,25,28). The van der Waals surface area contributed by atoms with Crippen molar-refractivity contribution in [2.75, 3.05) is 11.9 Å². The number of rotatable bonds is 8. The number of amides is 1. The monoisotopic (exact) mass is 551 g/mol. The number of halogens is 2. The molecule has 8 nitrogen and oxygen atoms in total. The molecule has 1 amide bonds. The average molecular weight is 553 g/mol. The van der Waals surface area contributed by atoms with Gasteiger partial charge in [0.15, 0.2) is 0 Å². The smallest absolute Gasteiger partial charge is 0.274 e. The van der Waals surface area contributed by atoms with Crippen LogP contribution in [0.2, 0.25) is 5.02 Å². The van der Waals surface area contributed by atoms with E-state index in [-0.39, 0.29) is 28.4 Å². The third-order valence-corrected chi connectivity index (χ3v) is 7.41. The highest BCUT2D eigenvalue weighted by atomic mass is 79.9. The van der Waals surface area contributed by atoms with E-state index in [9.17, 15) is 23.3 Å². The second-order valence-corrected chi connectivity index (χ2v) is 10.4. The zero-order chi connectivity index (χ0) is 24.2. The molecule has 0 aliphatic carbocycles. The minimum absolute atomic E-state index is 0.0268. The summed E-state index contributed by atoms with van der Waals surface area (Å²) < 4.78 is 28.4. The van der Waals surface area contributed by atoms with Gasteiger partial charge in [-0.25, -0.2) is 8.42 Å². The second-order valence-electron chi connectivity index (χ2n) is 7.11. The maximum Gasteiger partial charge on any atom is 0.274 e. The molecule has 0 heterocycles. The molecule has 0 atom stereocenters. The Morgan fingerprint density at radius 1 is 1.09 bits per heavy atom. The molecule has 11 heteroatoms. The lowest BCUT2D eigenvalue weighted by atomic mass is 10.1. The first-order chi connectivity index (χ1) is 15.6. The Bertz CT molecular complexity index is 1280. The summed E-state index contributed by atoms with van der Waals surface area (Å²) in [7, 11) is -4.03. The van der Waals surface area contributed by atoms with E-state index in [2.05, 4.69) is 21.2 Å². The van der Waals surface area contributed by atoms with Crippen molar-refractivity contribution >= 4 is 54.8 Å². The van der Waals surface area contributed by atoms with Crippen molar-refractivity contribution in [3.63, 3.8) is 0 Å². The largest absolute Gasteiger partial charge is 0.324 e. The van der Waals surface area contributed by atoms with E-state index < -0.39 is 27.4 Å². The zero-order valence-corrected chi connectivity index (χ0v) is 20.5. The number of carbonyl (C=O) groups excluding carboxylic acids is 1. The Kier molecular flexibility index (Phi) is 7.85. The van der Waals surface area contributed by atoms with Crippen molar-refractivity contribution in [3.05, 3.63) is 97.5 Å². The molecule has 172 valence electrons. The molecular weight excluding hydrogens is 534 g/mol. The molecule has 0 saturated carbocycles. The summed E-state index contributed by atoms with van der Waals surface area (Å²) in [5.41, 5.74) is 1.00. The van der Waals surface area contributed by atoms with Crippen LogP contribution < -0.4 is 5.32 Å². The highest BCUT2D eigenvalue weighted by molar-refractivity contribution is 9.10. The van der Waals surface area contributed by atoms with Crippen LogP contribution in [0.5, 0.6) is 0 Å². The molecule has 1 N–H and O–H groups in total. The van der Waals surface area contributed by atoms with Gasteiger partial charge in [0.1, 0.15) is 0 Å². The molecule has 0 spiro atoms. The third kappa shape index (κ3) is 6.17.